The van der Waals surface area contributed by atoms with Gasteiger partial charge in [-0.1, -0.05) is 26.7 Å². The number of nitrogens with zero attached hydrogens (tertiary/aromatic N) is 1. The molecule has 1 nitrogen and oxygen atoms in total. The van der Waals surface area contributed by atoms with E-state index in [1.54, 1.807) is 0 Å². The second-order valence-electron chi connectivity index (χ2n) is 5.26. The predicted molar refractivity (Wildman–Crippen MR) is 56.2 cm³/mol. The maximum atomic E-state index is 2.31. The van der Waals surface area contributed by atoms with E-state index in [1.807, 2.05) is 0 Å². The molecule has 0 aliphatic carbocycles. The molecule has 13 heavy (non-hydrogen) atoms. The van der Waals surface area contributed by atoms with Crippen molar-refractivity contribution in [2.75, 3.05) is 27.7 Å². The summed E-state index contributed by atoms with van der Waals surface area (Å²) in [6.45, 7) is 5.93. The van der Waals surface area contributed by atoms with Crippen molar-refractivity contribution in [2.24, 2.45) is 5.92 Å². The summed E-state index contributed by atoms with van der Waals surface area (Å²) >= 11 is 0. The number of hydrogen-bond donors (Lipinski definition) is 0. The van der Waals surface area contributed by atoms with Crippen LogP contribution in [0.1, 0.15) is 39.5 Å². The highest BCUT2D eigenvalue weighted by Gasteiger charge is 2.05. The molecular formula is C11H26BrN. The van der Waals surface area contributed by atoms with Crippen LogP contribution in [0.2, 0.25) is 0 Å². The molecule has 2 heteroatoms. The summed E-state index contributed by atoms with van der Waals surface area (Å²) in [4.78, 5) is 0. The van der Waals surface area contributed by atoms with Crippen LogP contribution in [-0.2, 0) is 0 Å². The first-order chi connectivity index (χ1) is 5.42. The molecule has 0 aromatic carbocycles. The summed E-state index contributed by atoms with van der Waals surface area (Å²) in [5.74, 6) is 0.883. The molecule has 0 rings (SSSR count). The SMILES string of the molecule is CC(C)CCCCC[N+](C)(C)C.[Br-]. The van der Waals surface area contributed by atoms with Crippen LogP contribution in [0.4, 0.5) is 0 Å². The number of unbranched alkanes of at least 4 members (excludes halogenated alkanes) is 2. The molecule has 0 aromatic rings. The summed E-state index contributed by atoms with van der Waals surface area (Å²) in [6, 6.07) is 0. The molecule has 0 fully saturated rings. The van der Waals surface area contributed by atoms with E-state index in [2.05, 4.69) is 35.0 Å². The van der Waals surface area contributed by atoms with Gasteiger partial charge in [-0.15, -0.1) is 0 Å². The van der Waals surface area contributed by atoms with Gasteiger partial charge in [-0.25, -0.2) is 0 Å². The minimum absolute atomic E-state index is 0. The Kier molecular flexibility index (Phi) is 9.55. The first-order valence-corrected chi connectivity index (χ1v) is 5.22. The average molecular weight is 252 g/mol. The Bertz CT molecular complexity index is 105. The van der Waals surface area contributed by atoms with Gasteiger partial charge >= 0.3 is 0 Å². The average Bonchev–Trinajstić information content (AvgIpc) is 1.83. The maximum absolute atomic E-state index is 2.31. The molecule has 0 aliphatic rings. The Balaban J connectivity index is 0. The van der Waals surface area contributed by atoms with Crippen molar-refractivity contribution in [1.82, 2.24) is 0 Å². The summed E-state index contributed by atoms with van der Waals surface area (Å²) in [6.07, 6.45) is 5.61. The van der Waals surface area contributed by atoms with Crippen molar-refractivity contribution in [3.63, 3.8) is 0 Å². The Morgan fingerprint density at radius 1 is 0.923 bits per heavy atom. The number of halogens is 1. The molecule has 0 atom stereocenters. The van der Waals surface area contributed by atoms with Crippen LogP contribution in [-0.4, -0.2) is 32.2 Å². The lowest BCUT2D eigenvalue weighted by Crippen LogP contribution is -3.00. The normalized spacial score (nSPS) is 11.5. The summed E-state index contributed by atoms with van der Waals surface area (Å²) in [5, 5.41) is 0. The largest absolute Gasteiger partial charge is 1.00 e. The standard InChI is InChI=1S/C11H26N.BrH/c1-11(2)9-7-6-8-10-12(3,4)5;/h11H,6-10H2,1-5H3;1H/q+1;/p-1. The van der Waals surface area contributed by atoms with E-state index >= 15 is 0 Å². The quantitative estimate of drug-likeness (QED) is 0.458. The van der Waals surface area contributed by atoms with Crippen LogP contribution in [0.15, 0.2) is 0 Å². The number of quaternary nitrogens is 1. The number of hydrogen-bond acceptors (Lipinski definition) is 0. The minimum Gasteiger partial charge on any atom is -1.00 e. The Morgan fingerprint density at radius 2 is 1.46 bits per heavy atom. The van der Waals surface area contributed by atoms with Gasteiger partial charge in [-0.2, -0.15) is 0 Å². The predicted octanol–water partition coefficient (Wildman–Crippen LogP) is -0.0870. The smallest absolute Gasteiger partial charge is 0.0780 e. The monoisotopic (exact) mass is 251 g/mol. The highest BCUT2D eigenvalue weighted by Crippen LogP contribution is 2.08. The van der Waals surface area contributed by atoms with E-state index in [0.717, 1.165) is 10.4 Å². The molecule has 0 N–H and O–H groups in total. The van der Waals surface area contributed by atoms with Crippen molar-refractivity contribution in [3.8, 4) is 0 Å². The van der Waals surface area contributed by atoms with Crippen molar-refractivity contribution in [1.29, 1.82) is 0 Å². The first kappa shape index (κ1) is 15.9. The molecule has 0 spiro atoms. The summed E-state index contributed by atoms with van der Waals surface area (Å²) in [7, 11) is 6.80. The van der Waals surface area contributed by atoms with E-state index in [-0.39, 0.29) is 17.0 Å². The lowest BCUT2D eigenvalue weighted by Gasteiger charge is -2.23. The van der Waals surface area contributed by atoms with E-state index in [0.29, 0.717) is 0 Å². The molecule has 0 saturated heterocycles. The molecule has 0 aliphatic heterocycles. The molecule has 0 heterocycles. The van der Waals surface area contributed by atoms with E-state index < -0.39 is 0 Å². The van der Waals surface area contributed by atoms with E-state index in [4.69, 9.17) is 0 Å². The lowest BCUT2D eigenvalue weighted by atomic mass is 10.1. The van der Waals surface area contributed by atoms with Gasteiger partial charge in [0, 0.05) is 0 Å². The fraction of sp³-hybridized carbons (Fsp3) is 1.00. The zero-order chi connectivity index (χ0) is 9.61. The van der Waals surface area contributed by atoms with Gasteiger partial charge in [0.1, 0.15) is 0 Å². The summed E-state index contributed by atoms with van der Waals surface area (Å²) in [5.41, 5.74) is 0. The number of rotatable bonds is 6. The first-order valence-electron chi connectivity index (χ1n) is 5.22. The van der Waals surface area contributed by atoms with E-state index in [1.165, 1.54) is 32.2 Å². The molecule has 0 radical (unpaired) electrons. The Morgan fingerprint density at radius 3 is 1.85 bits per heavy atom. The Labute approximate surface area is 94.9 Å². The van der Waals surface area contributed by atoms with Gasteiger partial charge in [-0.3, -0.25) is 0 Å². The van der Waals surface area contributed by atoms with Gasteiger partial charge in [-0.05, 0) is 18.8 Å². The lowest BCUT2D eigenvalue weighted by molar-refractivity contribution is -0.870. The topological polar surface area (TPSA) is 0 Å². The summed E-state index contributed by atoms with van der Waals surface area (Å²) < 4.78 is 1.11. The van der Waals surface area contributed by atoms with Gasteiger partial charge in [0.25, 0.3) is 0 Å². The van der Waals surface area contributed by atoms with Crippen LogP contribution < -0.4 is 17.0 Å². The minimum atomic E-state index is 0. The molecular weight excluding hydrogens is 226 g/mol. The van der Waals surface area contributed by atoms with Crippen molar-refractivity contribution >= 4 is 0 Å². The van der Waals surface area contributed by atoms with Crippen molar-refractivity contribution in [3.05, 3.63) is 0 Å². The van der Waals surface area contributed by atoms with Crippen LogP contribution in [0, 0.1) is 5.92 Å². The van der Waals surface area contributed by atoms with Gasteiger partial charge in [0.2, 0.25) is 0 Å². The molecule has 0 aromatic heterocycles. The van der Waals surface area contributed by atoms with Crippen LogP contribution >= 0.6 is 0 Å². The molecule has 0 bridgehead atoms. The molecule has 0 unspecified atom stereocenters. The zero-order valence-electron chi connectivity index (χ0n) is 9.94. The van der Waals surface area contributed by atoms with Gasteiger partial charge in [0.05, 0.1) is 27.7 Å². The Hall–Kier alpha value is 0.440. The van der Waals surface area contributed by atoms with Crippen LogP contribution in [0.5, 0.6) is 0 Å². The van der Waals surface area contributed by atoms with Crippen molar-refractivity contribution in [2.45, 2.75) is 39.5 Å². The van der Waals surface area contributed by atoms with Crippen molar-refractivity contribution < 1.29 is 21.5 Å². The second-order valence-corrected chi connectivity index (χ2v) is 5.26. The fourth-order valence-corrected chi connectivity index (χ4v) is 1.32. The van der Waals surface area contributed by atoms with Crippen LogP contribution in [0.25, 0.3) is 0 Å². The van der Waals surface area contributed by atoms with E-state index in [9.17, 15) is 0 Å². The molecule has 82 valence electrons. The fourth-order valence-electron chi connectivity index (χ4n) is 1.32. The molecule has 0 saturated carbocycles. The third kappa shape index (κ3) is 15.2. The molecule has 0 amide bonds. The van der Waals surface area contributed by atoms with Crippen LogP contribution in [0.3, 0.4) is 0 Å². The zero-order valence-corrected chi connectivity index (χ0v) is 11.5. The third-order valence-corrected chi connectivity index (χ3v) is 2.11. The third-order valence-electron chi connectivity index (χ3n) is 2.11. The second kappa shape index (κ2) is 7.81. The highest BCUT2D eigenvalue weighted by atomic mass is 79.9. The maximum Gasteiger partial charge on any atom is 0.0780 e. The highest BCUT2D eigenvalue weighted by molar-refractivity contribution is 4.46. The van der Waals surface area contributed by atoms with Gasteiger partial charge < -0.3 is 21.5 Å². The van der Waals surface area contributed by atoms with Gasteiger partial charge in [0.15, 0.2) is 0 Å².